The molecule has 0 heterocycles. The summed E-state index contributed by atoms with van der Waals surface area (Å²) in [5.41, 5.74) is 0. The lowest BCUT2D eigenvalue weighted by Gasteiger charge is -2.07. The first-order valence-electron chi connectivity index (χ1n) is 4.25. The second-order valence-corrected chi connectivity index (χ2v) is 4.76. The lowest BCUT2D eigenvalue weighted by atomic mass is 10.4. The maximum Gasteiger partial charge on any atom is 0.126 e. The van der Waals surface area contributed by atoms with Crippen molar-refractivity contribution in [1.82, 2.24) is 0 Å². The van der Waals surface area contributed by atoms with Crippen molar-refractivity contribution in [3.05, 3.63) is 29.3 Å². The van der Waals surface area contributed by atoms with Crippen molar-refractivity contribution in [2.75, 3.05) is 0 Å². The molecule has 2 nitrogen and oxygen atoms in total. The Morgan fingerprint density at radius 2 is 2.21 bits per heavy atom. The highest BCUT2D eigenvalue weighted by molar-refractivity contribution is 7.86. The highest BCUT2D eigenvalue weighted by Crippen LogP contribution is 2.22. The van der Waals surface area contributed by atoms with Gasteiger partial charge in [0.25, 0.3) is 0 Å². The number of hydrogen-bond donors (Lipinski definition) is 0. The van der Waals surface area contributed by atoms with Crippen LogP contribution in [0.1, 0.15) is 13.3 Å². The van der Waals surface area contributed by atoms with Crippen LogP contribution in [0.15, 0.2) is 29.2 Å². The van der Waals surface area contributed by atoms with Gasteiger partial charge in [0, 0.05) is 0 Å². The Kier molecular flexibility index (Phi) is 4.12. The first kappa shape index (κ1) is 11.2. The van der Waals surface area contributed by atoms with Gasteiger partial charge in [-0.05, 0) is 18.6 Å². The van der Waals surface area contributed by atoms with Gasteiger partial charge < -0.3 is 0 Å². The van der Waals surface area contributed by atoms with Crippen molar-refractivity contribution < 1.29 is 4.21 Å². The summed E-state index contributed by atoms with van der Waals surface area (Å²) in [5.74, 6) is 0. The molecule has 0 saturated heterocycles. The molecule has 14 heavy (non-hydrogen) atoms. The topological polar surface area (TPSA) is 40.9 Å². The van der Waals surface area contributed by atoms with Crippen LogP contribution < -0.4 is 0 Å². The van der Waals surface area contributed by atoms with Gasteiger partial charge >= 0.3 is 0 Å². The third-order valence-electron chi connectivity index (χ3n) is 1.83. The van der Waals surface area contributed by atoms with Crippen LogP contribution in [0.4, 0.5) is 0 Å². The molecule has 2 unspecified atom stereocenters. The van der Waals surface area contributed by atoms with Crippen LogP contribution in [-0.4, -0.2) is 9.46 Å². The average molecular weight is 228 g/mol. The van der Waals surface area contributed by atoms with E-state index in [4.69, 9.17) is 16.9 Å². The summed E-state index contributed by atoms with van der Waals surface area (Å²) >= 11 is 5.87. The number of nitriles is 1. The van der Waals surface area contributed by atoms with Gasteiger partial charge in [-0.3, -0.25) is 4.21 Å². The summed E-state index contributed by atoms with van der Waals surface area (Å²) in [7, 11) is -1.33. The number of benzene rings is 1. The zero-order valence-corrected chi connectivity index (χ0v) is 9.31. The molecule has 0 aliphatic carbocycles. The van der Waals surface area contributed by atoms with Crippen molar-refractivity contribution in [3.63, 3.8) is 0 Å². The summed E-state index contributed by atoms with van der Waals surface area (Å²) < 4.78 is 11.8. The molecule has 1 aromatic carbocycles. The number of hydrogen-bond acceptors (Lipinski definition) is 2. The Morgan fingerprint density at radius 3 is 2.71 bits per heavy atom. The minimum Gasteiger partial charge on any atom is -0.253 e. The van der Waals surface area contributed by atoms with Crippen LogP contribution in [0.25, 0.3) is 0 Å². The molecule has 2 atom stereocenters. The van der Waals surface area contributed by atoms with Crippen LogP contribution in [0.5, 0.6) is 0 Å². The molecule has 0 fully saturated rings. The Bertz CT molecular complexity index is 386. The van der Waals surface area contributed by atoms with Gasteiger partial charge in [-0.1, -0.05) is 30.7 Å². The molecule has 0 aliphatic heterocycles. The van der Waals surface area contributed by atoms with Gasteiger partial charge in [0.15, 0.2) is 0 Å². The molecule has 0 aromatic heterocycles. The molecule has 74 valence electrons. The van der Waals surface area contributed by atoms with Crippen molar-refractivity contribution in [2.45, 2.75) is 23.5 Å². The van der Waals surface area contributed by atoms with Crippen molar-refractivity contribution >= 4 is 22.4 Å². The molecule has 0 spiro atoms. The maximum absolute atomic E-state index is 11.8. The van der Waals surface area contributed by atoms with Crippen molar-refractivity contribution in [1.29, 1.82) is 5.26 Å². The van der Waals surface area contributed by atoms with Crippen molar-refractivity contribution in [2.24, 2.45) is 0 Å². The van der Waals surface area contributed by atoms with E-state index >= 15 is 0 Å². The molecule has 4 heteroatoms. The second kappa shape index (κ2) is 5.14. The molecule has 0 saturated carbocycles. The summed E-state index contributed by atoms with van der Waals surface area (Å²) in [4.78, 5) is 0.544. The van der Waals surface area contributed by atoms with Crippen LogP contribution >= 0.6 is 11.6 Å². The third-order valence-corrected chi connectivity index (χ3v) is 4.01. The van der Waals surface area contributed by atoms with E-state index in [0.717, 1.165) is 0 Å². The summed E-state index contributed by atoms with van der Waals surface area (Å²) in [5, 5.41) is 8.74. The normalized spacial score (nSPS) is 14.4. The predicted molar refractivity (Wildman–Crippen MR) is 57.6 cm³/mol. The van der Waals surface area contributed by atoms with Crippen LogP contribution in [-0.2, 0) is 10.8 Å². The molecule has 0 bridgehead atoms. The maximum atomic E-state index is 11.8. The fraction of sp³-hybridized carbons (Fsp3) is 0.300. The number of nitrogens with zero attached hydrogens (tertiary/aromatic N) is 1. The fourth-order valence-electron chi connectivity index (χ4n) is 1.05. The van der Waals surface area contributed by atoms with Gasteiger partial charge in [0.05, 0.1) is 26.8 Å². The lowest BCUT2D eigenvalue weighted by molar-refractivity contribution is 0.676. The Hall–Kier alpha value is -0.850. The first-order chi connectivity index (χ1) is 6.70. The standard InChI is InChI=1S/C10H10ClNOS/c1-2-8(7-12)14(13)10-6-4-3-5-9(10)11/h3-6,8H,2H2,1H3. The largest absolute Gasteiger partial charge is 0.253 e. The second-order valence-electron chi connectivity index (χ2n) is 2.75. The zero-order valence-electron chi connectivity index (χ0n) is 7.74. The van der Waals surface area contributed by atoms with E-state index in [9.17, 15) is 4.21 Å². The predicted octanol–water partition coefficient (Wildman–Crippen LogP) is 2.75. The Labute approximate surface area is 91.0 Å². The van der Waals surface area contributed by atoms with E-state index < -0.39 is 16.0 Å². The van der Waals surface area contributed by atoms with E-state index in [1.54, 1.807) is 24.3 Å². The molecular weight excluding hydrogens is 218 g/mol. The minimum atomic E-state index is -1.33. The Morgan fingerprint density at radius 1 is 1.57 bits per heavy atom. The monoisotopic (exact) mass is 227 g/mol. The fourth-order valence-corrected chi connectivity index (χ4v) is 2.59. The van der Waals surface area contributed by atoms with Crippen LogP contribution in [0, 0.1) is 11.3 Å². The average Bonchev–Trinajstić information content (AvgIpc) is 2.20. The molecule has 0 aliphatic rings. The van der Waals surface area contributed by atoms with Gasteiger partial charge in [0.1, 0.15) is 5.25 Å². The molecule has 1 rings (SSSR count). The highest BCUT2D eigenvalue weighted by Gasteiger charge is 2.17. The summed E-state index contributed by atoms with van der Waals surface area (Å²) in [6.45, 7) is 1.84. The summed E-state index contributed by atoms with van der Waals surface area (Å²) in [6.07, 6.45) is 0.564. The van der Waals surface area contributed by atoms with E-state index in [1.807, 2.05) is 13.0 Å². The molecule has 1 aromatic rings. The van der Waals surface area contributed by atoms with Gasteiger partial charge in [-0.2, -0.15) is 5.26 Å². The smallest absolute Gasteiger partial charge is 0.126 e. The lowest BCUT2D eigenvalue weighted by Crippen LogP contribution is -2.11. The highest BCUT2D eigenvalue weighted by atomic mass is 35.5. The van der Waals surface area contributed by atoms with Crippen LogP contribution in [0.2, 0.25) is 5.02 Å². The van der Waals surface area contributed by atoms with Crippen molar-refractivity contribution in [3.8, 4) is 6.07 Å². The quantitative estimate of drug-likeness (QED) is 0.797. The van der Waals surface area contributed by atoms with Gasteiger partial charge in [0.2, 0.25) is 0 Å². The minimum absolute atomic E-state index is 0.458. The SMILES string of the molecule is CCC(C#N)S(=O)c1ccccc1Cl. The molecule has 0 amide bonds. The number of rotatable bonds is 3. The third kappa shape index (κ3) is 2.34. The van der Waals surface area contributed by atoms with E-state index in [0.29, 0.717) is 16.3 Å². The molecular formula is C10H10ClNOS. The molecule has 0 radical (unpaired) electrons. The number of halogens is 1. The van der Waals surface area contributed by atoms with Gasteiger partial charge in [-0.25, -0.2) is 0 Å². The Balaban J connectivity index is 3.01. The van der Waals surface area contributed by atoms with E-state index in [-0.39, 0.29) is 0 Å². The van der Waals surface area contributed by atoms with Crippen LogP contribution in [0.3, 0.4) is 0 Å². The first-order valence-corrected chi connectivity index (χ1v) is 5.84. The van der Waals surface area contributed by atoms with E-state index in [1.165, 1.54) is 0 Å². The van der Waals surface area contributed by atoms with E-state index in [2.05, 4.69) is 0 Å². The summed E-state index contributed by atoms with van der Waals surface area (Å²) in [6, 6.07) is 8.93. The molecule has 0 N–H and O–H groups in total. The zero-order chi connectivity index (χ0) is 10.6. The van der Waals surface area contributed by atoms with Gasteiger partial charge in [-0.15, -0.1) is 0 Å².